The third-order valence-corrected chi connectivity index (χ3v) is 3.63. The summed E-state index contributed by atoms with van der Waals surface area (Å²) in [6.07, 6.45) is 7.94. The third-order valence-electron chi connectivity index (χ3n) is 2.26. The molecule has 1 fully saturated rings. The Balaban J connectivity index is 2.14. The highest BCUT2D eigenvalue weighted by molar-refractivity contribution is 7.57. The monoisotopic (exact) mass is 200 g/mol. The predicted octanol–water partition coefficient (Wildman–Crippen LogP) is 3.32. The quantitative estimate of drug-likeness (QED) is 0.514. The second-order valence-corrected chi connectivity index (χ2v) is 4.88. The van der Waals surface area contributed by atoms with Gasteiger partial charge in [0, 0.05) is 0 Å². The predicted molar refractivity (Wildman–Crippen MR) is 56.7 cm³/mol. The van der Waals surface area contributed by atoms with Crippen LogP contribution in [-0.4, -0.2) is 18.0 Å². The van der Waals surface area contributed by atoms with Crippen LogP contribution in [0.15, 0.2) is 12.7 Å². The van der Waals surface area contributed by atoms with Gasteiger partial charge in [-0.15, -0.1) is 0 Å². The number of hydrogen-bond donors (Lipinski definition) is 0. The van der Waals surface area contributed by atoms with E-state index in [1.807, 2.05) is 0 Å². The minimum absolute atomic E-state index is 0.0354. The Kier molecular flexibility index (Phi) is 5.07. The van der Waals surface area contributed by atoms with E-state index < -0.39 is 0 Å². The van der Waals surface area contributed by atoms with Crippen molar-refractivity contribution in [3.8, 4) is 0 Å². The maximum absolute atomic E-state index is 11.2. The number of carbonyl (C=O) groups excluding carboxylic acids is 1. The Labute approximate surface area is 81.5 Å². The van der Waals surface area contributed by atoms with Gasteiger partial charge in [-0.3, -0.25) is 0 Å². The molecular weight excluding hydrogens is 183 g/mol. The van der Waals surface area contributed by atoms with E-state index in [0.29, 0.717) is 20.8 Å². The van der Waals surface area contributed by atoms with Gasteiger partial charge < -0.3 is 4.74 Å². The summed E-state index contributed by atoms with van der Waals surface area (Å²) in [5, 5.41) is 0. The summed E-state index contributed by atoms with van der Waals surface area (Å²) in [5.41, 5.74) is 0.567. The van der Waals surface area contributed by atoms with Crippen LogP contribution in [0.3, 0.4) is 0 Å². The van der Waals surface area contributed by atoms with Crippen LogP contribution in [0.4, 0.5) is 4.79 Å². The molecule has 1 unspecified atom stereocenters. The molecule has 0 spiro atoms. The van der Waals surface area contributed by atoms with Crippen LogP contribution in [0, 0.1) is 0 Å². The summed E-state index contributed by atoms with van der Waals surface area (Å²) in [6.45, 7) is 3.86. The smallest absolute Gasteiger partial charge is 0.323 e. The standard InChI is InChI=1S/C10H17O2P/c1-2-8-12-10(11)13-9-6-4-3-5-7-9/h2,9,13H,1,3-8H2. The molecule has 1 saturated carbocycles. The fourth-order valence-electron chi connectivity index (χ4n) is 1.59. The van der Waals surface area contributed by atoms with Crippen molar-refractivity contribution in [2.75, 3.05) is 6.61 Å². The number of hydrogen-bond acceptors (Lipinski definition) is 2. The summed E-state index contributed by atoms with van der Waals surface area (Å²) in [5.74, 6) is 0. The molecule has 0 aliphatic heterocycles. The molecule has 0 radical (unpaired) electrons. The van der Waals surface area contributed by atoms with E-state index in [1.54, 1.807) is 6.08 Å². The van der Waals surface area contributed by atoms with Crippen molar-refractivity contribution in [1.82, 2.24) is 0 Å². The van der Waals surface area contributed by atoms with Crippen molar-refractivity contribution in [3.05, 3.63) is 12.7 Å². The summed E-state index contributed by atoms with van der Waals surface area (Å²) in [6, 6.07) is 0. The fraction of sp³-hybridized carbons (Fsp3) is 0.700. The van der Waals surface area contributed by atoms with Crippen LogP contribution in [0.2, 0.25) is 0 Å². The highest BCUT2D eigenvalue weighted by Gasteiger charge is 2.17. The van der Waals surface area contributed by atoms with E-state index in [1.165, 1.54) is 32.1 Å². The molecule has 1 aliphatic rings. The molecule has 13 heavy (non-hydrogen) atoms. The van der Waals surface area contributed by atoms with E-state index in [-0.39, 0.29) is 5.71 Å². The van der Waals surface area contributed by atoms with Crippen LogP contribution in [0.5, 0.6) is 0 Å². The van der Waals surface area contributed by atoms with Gasteiger partial charge in [-0.1, -0.05) is 31.9 Å². The molecule has 0 amide bonds. The lowest BCUT2D eigenvalue weighted by Gasteiger charge is -2.20. The molecule has 0 aromatic heterocycles. The van der Waals surface area contributed by atoms with Crippen molar-refractivity contribution in [1.29, 1.82) is 0 Å². The van der Waals surface area contributed by atoms with Crippen molar-refractivity contribution < 1.29 is 9.53 Å². The molecule has 0 saturated heterocycles. The molecule has 74 valence electrons. The lowest BCUT2D eigenvalue weighted by Crippen LogP contribution is -2.10. The first-order valence-electron chi connectivity index (χ1n) is 4.87. The second-order valence-electron chi connectivity index (χ2n) is 3.37. The van der Waals surface area contributed by atoms with Crippen LogP contribution in [-0.2, 0) is 4.74 Å². The normalized spacial score (nSPS) is 19.1. The fourth-order valence-corrected chi connectivity index (χ4v) is 2.79. The highest BCUT2D eigenvalue weighted by Crippen LogP contribution is 2.33. The van der Waals surface area contributed by atoms with Gasteiger partial charge >= 0.3 is 5.71 Å². The molecule has 3 heteroatoms. The zero-order valence-electron chi connectivity index (χ0n) is 7.92. The van der Waals surface area contributed by atoms with Gasteiger partial charge in [0.1, 0.15) is 6.61 Å². The first-order chi connectivity index (χ1) is 6.33. The van der Waals surface area contributed by atoms with Crippen molar-refractivity contribution in [2.45, 2.75) is 37.8 Å². The minimum atomic E-state index is -0.0354. The number of rotatable bonds is 4. The van der Waals surface area contributed by atoms with Crippen LogP contribution in [0.25, 0.3) is 0 Å². The lowest BCUT2D eigenvalue weighted by atomic mass is 10.0. The zero-order valence-corrected chi connectivity index (χ0v) is 8.92. The summed E-state index contributed by atoms with van der Waals surface area (Å²) in [7, 11) is 0.356. The Morgan fingerprint density at radius 1 is 1.46 bits per heavy atom. The van der Waals surface area contributed by atoms with Crippen molar-refractivity contribution >= 4 is 14.3 Å². The molecule has 1 atom stereocenters. The first kappa shape index (κ1) is 10.7. The average molecular weight is 200 g/mol. The largest absolute Gasteiger partial charge is 0.459 e. The molecule has 1 rings (SSSR count). The molecule has 2 nitrogen and oxygen atoms in total. The summed E-state index contributed by atoms with van der Waals surface area (Å²) in [4.78, 5) is 11.2. The minimum Gasteiger partial charge on any atom is -0.459 e. The third kappa shape index (κ3) is 4.42. The van der Waals surface area contributed by atoms with Gasteiger partial charge in [-0.2, -0.15) is 0 Å². The summed E-state index contributed by atoms with van der Waals surface area (Å²) >= 11 is 0. The maximum Gasteiger partial charge on any atom is 0.323 e. The molecule has 0 aromatic carbocycles. The molecule has 0 aromatic rings. The molecule has 0 N–H and O–H groups in total. The average Bonchev–Trinajstić information content (AvgIpc) is 2.16. The number of ether oxygens (including phenoxy) is 1. The Hall–Kier alpha value is -0.360. The van der Waals surface area contributed by atoms with Gasteiger partial charge in [-0.25, -0.2) is 4.79 Å². The van der Waals surface area contributed by atoms with E-state index in [9.17, 15) is 4.79 Å². The Bertz CT molecular complexity index is 174. The first-order valence-corrected chi connectivity index (χ1v) is 5.95. The van der Waals surface area contributed by atoms with E-state index in [0.717, 1.165) is 0 Å². The Morgan fingerprint density at radius 2 is 2.15 bits per heavy atom. The topological polar surface area (TPSA) is 26.3 Å². The summed E-state index contributed by atoms with van der Waals surface area (Å²) < 4.78 is 4.95. The number of carbonyl (C=O) groups is 1. The van der Waals surface area contributed by atoms with Gasteiger partial charge in [0.2, 0.25) is 0 Å². The molecule has 0 bridgehead atoms. The highest BCUT2D eigenvalue weighted by atomic mass is 31.1. The van der Waals surface area contributed by atoms with Crippen LogP contribution in [0.1, 0.15) is 32.1 Å². The molecule has 1 aliphatic carbocycles. The van der Waals surface area contributed by atoms with E-state index in [2.05, 4.69) is 6.58 Å². The van der Waals surface area contributed by atoms with Gasteiger partial charge in [0.05, 0.1) is 0 Å². The molecule has 0 heterocycles. The van der Waals surface area contributed by atoms with Crippen molar-refractivity contribution in [2.24, 2.45) is 0 Å². The maximum atomic E-state index is 11.2. The van der Waals surface area contributed by atoms with Gasteiger partial charge in [0.15, 0.2) is 0 Å². The SMILES string of the molecule is C=CCOC(=O)PC1CCCCC1. The lowest BCUT2D eigenvalue weighted by molar-refractivity contribution is 0.186. The van der Waals surface area contributed by atoms with Crippen LogP contribution >= 0.6 is 8.58 Å². The van der Waals surface area contributed by atoms with Gasteiger partial charge in [-0.05, 0) is 27.1 Å². The Morgan fingerprint density at radius 3 is 2.77 bits per heavy atom. The van der Waals surface area contributed by atoms with E-state index in [4.69, 9.17) is 4.74 Å². The zero-order chi connectivity index (χ0) is 9.52. The van der Waals surface area contributed by atoms with E-state index >= 15 is 0 Å². The van der Waals surface area contributed by atoms with Crippen LogP contribution < -0.4 is 0 Å². The molecular formula is C10H17O2P. The second kappa shape index (κ2) is 6.15. The van der Waals surface area contributed by atoms with Gasteiger partial charge in [0.25, 0.3) is 0 Å². The van der Waals surface area contributed by atoms with Crippen molar-refractivity contribution in [3.63, 3.8) is 0 Å².